The highest BCUT2D eigenvalue weighted by atomic mass is 16.5. The molecule has 3 aromatic rings. The quantitative estimate of drug-likeness (QED) is 0.575. The largest absolute Gasteiger partial charge is 0.502 e. The molecule has 2 atom stereocenters. The summed E-state index contributed by atoms with van der Waals surface area (Å²) in [4.78, 5) is 0. The molecule has 0 saturated carbocycles. The smallest absolute Gasteiger partial charge is 0.244 e. The van der Waals surface area contributed by atoms with Crippen LogP contribution in [-0.2, 0) is 0 Å². The topological polar surface area (TPSA) is 133 Å². The standard InChI is InChI=1S/C22H20N4O5/c1-28-13-6-4-11(5-7-13)19-18-17(14(10-23)21(24)31-22(18)26-25-19)12-8-15(29-2)20(27)16(9-12)30-3/h4-9,14,17,24,27H,1-3H3,(H,25,26). The first-order valence-corrected chi connectivity index (χ1v) is 9.35. The zero-order chi connectivity index (χ0) is 22.1. The number of nitrogens with one attached hydrogen (secondary N) is 2. The lowest BCUT2D eigenvalue weighted by Crippen LogP contribution is -2.31. The highest BCUT2D eigenvalue weighted by Gasteiger charge is 2.41. The third-order valence-corrected chi connectivity index (χ3v) is 5.28. The van der Waals surface area contributed by atoms with E-state index in [4.69, 9.17) is 24.4 Å². The highest BCUT2D eigenvalue weighted by Crippen LogP contribution is 2.49. The number of aromatic amines is 1. The normalized spacial score (nSPS) is 17.3. The molecule has 0 saturated heterocycles. The molecule has 1 aliphatic heterocycles. The summed E-state index contributed by atoms with van der Waals surface area (Å²) in [6.07, 6.45) is 0. The molecule has 0 spiro atoms. The predicted octanol–water partition coefficient (Wildman–Crippen LogP) is 3.45. The molecule has 2 unspecified atom stereocenters. The number of nitriles is 1. The van der Waals surface area contributed by atoms with Crippen molar-refractivity contribution < 1.29 is 24.1 Å². The number of benzene rings is 2. The van der Waals surface area contributed by atoms with Crippen LogP contribution in [0.25, 0.3) is 11.3 Å². The van der Waals surface area contributed by atoms with Gasteiger partial charge in [0.1, 0.15) is 11.7 Å². The van der Waals surface area contributed by atoms with Gasteiger partial charge in [0.2, 0.25) is 17.5 Å². The summed E-state index contributed by atoms with van der Waals surface area (Å²) in [5.41, 5.74) is 2.71. The molecule has 31 heavy (non-hydrogen) atoms. The van der Waals surface area contributed by atoms with Gasteiger partial charge in [-0.25, -0.2) is 0 Å². The summed E-state index contributed by atoms with van der Waals surface area (Å²) in [5, 5.41) is 35.6. The average molecular weight is 420 g/mol. The number of methoxy groups -OCH3 is 3. The van der Waals surface area contributed by atoms with E-state index in [-0.39, 0.29) is 29.0 Å². The van der Waals surface area contributed by atoms with Crippen LogP contribution in [0.2, 0.25) is 0 Å². The lowest BCUT2D eigenvalue weighted by Gasteiger charge is -2.28. The van der Waals surface area contributed by atoms with Crippen molar-refractivity contribution in [1.29, 1.82) is 10.7 Å². The molecule has 3 N–H and O–H groups in total. The SMILES string of the molecule is COc1ccc(-c2[nH]nc3c2C(c2cc(OC)c(O)c(OC)c2)C(C#N)C(=N)O3)cc1. The molecule has 2 aromatic carbocycles. The summed E-state index contributed by atoms with van der Waals surface area (Å²) < 4.78 is 21.4. The molecule has 4 rings (SSSR count). The van der Waals surface area contributed by atoms with E-state index in [9.17, 15) is 10.4 Å². The molecule has 0 fully saturated rings. The number of nitrogens with zero attached hydrogens (tertiary/aromatic N) is 2. The second-order valence-electron chi connectivity index (χ2n) is 6.87. The van der Waals surface area contributed by atoms with Crippen molar-refractivity contribution in [1.82, 2.24) is 10.2 Å². The van der Waals surface area contributed by atoms with Crippen molar-refractivity contribution in [2.75, 3.05) is 21.3 Å². The number of aromatic nitrogens is 2. The van der Waals surface area contributed by atoms with Crippen LogP contribution in [0.4, 0.5) is 0 Å². The maximum Gasteiger partial charge on any atom is 0.244 e. The Kier molecular flexibility index (Phi) is 5.13. The van der Waals surface area contributed by atoms with E-state index in [1.54, 1.807) is 19.2 Å². The molecule has 158 valence electrons. The van der Waals surface area contributed by atoms with E-state index in [0.717, 1.165) is 5.56 Å². The first-order valence-electron chi connectivity index (χ1n) is 9.35. The fourth-order valence-electron chi connectivity index (χ4n) is 3.75. The Labute approximate surface area is 178 Å². The van der Waals surface area contributed by atoms with Crippen molar-refractivity contribution >= 4 is 5.90 Å². The molecule has 1 aromatic heterocycles. The average Bonchev–Trinajstić information content (AvgIpc) is 3.21. The van der Waals surface area contributed by atoms with E-state index >= 15 is 0 Å². The fourth-order valence-corrected chi connectivity index (χ4v) is 3.75. The summed E-state index contributed by atoms with van der Waals surface area (Å²) in [6, 6.07) is 12.8. The number of H-pyrrole nitrogens is 1. The Bertz CT molecular complexity index is 1150. The molecule has 1 aliphatic rings. The third kappa shape index (κ3) is 3.28. The van der Waals surface area contributed by atoms with Gasteiger partial charge >= 0.3 is 0 Å². The molecule has 9 nitrogen and oxygen atoms in total. The van der Waals surface area contributed by atoms with Crippen LogP contribution in [0.15, 0.2) is 36.4 Å². The van der Waals surface area contributed by atoms with E-state index < -0.39 is 11.8 Å². The van der Waals surface area contributed by atoms with Crippen LogP contribution >= 0.6 is 0 Å². The fraction of sp³-hybridized carbons (Fsp3) is 0.227. The van der Waals surface area contributed by atoms with Gasteiger partial charge in [0.05, 0.1) is 38.7 Å². The van der Waals surface area contributed by atoms with Gasteiger partial charge in [0.25, 0.3) is 0 Å². The number of hydrogen-bond donors (Lipinski definition) is 3. The number of phenolic OH excluding ortho intramolecular Hbond substituents is 1. The van der Waals surface area contributed by atoms with Gasteiger partial charge in [-0.3, -0.25) is 10.5 Å². The Balaban J connectivity index is 1.94. The first kappa shape index (κ1) is 20.1. The van der Waals surface area contributed by atoms with Gasteiger partial charge in [-0.05, 0) is 42.0 Å². The van der Waals surface area contributed by atoms with Crippen molar-refractivity contribution in [3.05, 3.63) is 47.5 Å². The van der Waals surface area contributed by atoms with Crippen molar-refractivity contribution in [2.24, 2.45) is 5.92 Å². The minimum Gasteiger partial charge on any atom is -0.502 e. The summed E-state index contributed by atoms with van der Waals surface area (Å²) in [5.74, 6) is -0.569. The highest BCUT2D eigenvalue weighted by molar-refractivity contribution is 5.86. The van der Waals surface area contributed by atoms with Crippen LogP contribution in [0.3, 0.4) is 0 Å². The summed E-state index contributed by atoms with van der Waals surface area (Å²) in [6.45, 7) is 0. The van der Waals surface area contributed by atoms with Gasteiger partial charge in [-0.1, -0.05) is 0 Å². The van der Waals surface area contributed by atoms with Gasteiger partial charge in [0.15, 0.2) is 11.5 Å². The van der Waals surface area contributed by atoms with E-state index in [1.807, 2.05) is 24.3 Å². The Morgan fingerprint density at radius 2 is 1.74 bits per heavy atom. The minimum absolute atomic E-state index is 0.146. The van der Waals surface area contributed by atoms with E-state index in [1.165, 1.54) is 14.2 Å². The lowest BCUT2D eigenvalue weighted by molar-refractivity contribution is 0.338. The number of phenols is 1. The number of fused-ring (bicyclic) bond motifs is 1. The summed E-state index contributed by atoms with van der Waals surface area (Å²) in [7, 11) is 4.45. The lowest BCUT2D eigenvalue weighted by atomic mass is 9.78. The van der Waals surface area contributed by atoms with Crippen LogP contribution in [0, 0.1) is 22.7 Å². The Morgan fingerprint density at radius 1 is 1.10 bits per heavy atom. The van der Waals surface area contributed by atoms with Crippen molar-refractivity contribution in [3.8, 4) is 46.2 Å². The molecule has 0 aliphatic carbocycles. The van der Waals surface area contributed by atoms with Crippen LogP contribution in [-0.4, -0.2) is 42.5 Å². The Morgan fingerprint density at radius 3 is 2.29 bits per heavy atom. The van der Waals surface area contributed by atoms with Crippen molar-refractivity contribution in [2.45, 2.75) is 5.92 Å². The molecule has 0 amide bonds. The maximum absolute atomic E-state index is 10.3. The predicted molar refractivity (Wildman–Crippen MR) is 111 cm³/mol. The number of aromatic hydroxyl groups is 1. The monoisotopic (exact) mass is 420 g/mol. The third-order valence-electron chi connectivity index (χ3n) is 5.28. The zero-order valence-corrected chi connectivity index (χ0v) is 17.1. The molecular formula is C22H20N4O5. The second kappa shape index (κ2) is 7.91. The molecule has 0 bridgehead atoms. The molecule has 2 heterocycles. The summed E-state index contributed by atoms with van der Waals surface area (Å²) >= 11 is 0. The zero-order valence-electron chi connectivity index (χ0n) is 17.1. The van der Waals surface area contributed by atoms with Crippen LogP contribution in [0.5, 0.6) is 28.9 Å². The molecule has 9 heteroatoms. The number of hydrogen-bond acceptors (Lipinski definition) is 8. The second-order valence-corrected chi connectivity index (χ2v) is 6.87. The van der Waals surface area contributed by atoms with Gasteiger partial charge < -0.3 is 24.1 Å². The van der Waals surface area contributed by atoms with Crippen LogP contribution < -0.4 is 18.9 Å². The van der Waals surface area contributed by atoms with E-state index in [2.05, 4.69) is 16.3 Å². The maximum atomic E-state index is 10.3. The first-order chi connectivity index (χ1) is 15.0. The van der Waals surface area contributed by atoms with E-state index in [0.29, 0.717) is 22.6 Å². The Hall–Kier alpha value is -4.19. The molecule has 0 radical (unpaired) electrons. The minimum atomic E-state index is -0.916. The van der Waals surface area contributed by atoms with Gasteiger partial charge in [-0.2, -0.15) is 5.26 Å². The van der Waals surface area contributed by atoms with Crippen molar-refractivity contribution in [3.63, 3.8) is 0 Å². The van der Waals surface area contributed by atoms with Crippen LogP contribution in [0.1, 0.15) is 17.0 Å². The van der Waals surface area contributed by atoms with Gasteiger partial charge in [-0.15, -0.1) is 5.10 Å². The number of ether oxygens (including phenoxy) is 4. The number of rotatable bonds is 5. The molecular weight excluding hydrogens is 400 g/mol. The van der Waals surface area contributed by atoms with Gasteiger partial charge in [0, 0.05) is 11.5 Å².